The first-order valence-electron chi connectivity index (χ1n) is 8.24. The molecule has 0 aliphatic carbocycles. The van der Waals surface area contributed by atoms with Gasteiger partial charge in [0.1, 0.15) is 0 Å². The van der Waals surface area contributed by atoms with Gasteiger partial charge < -0.3 is 0 Å². The fraction of sp³-hybridized carbons (Fsp3) is 0.381. The molecule has 2 aromatic carbocycles. The van der Waals surface area contributed by atoms with E-state index in [1.807, 2.05) is 0 Å². The zero-order valence-corrected chi connectivity index (χ0v) is 14.5. The van der Waals surface area contributed by atoms with Gasteiger partial charge in [-0.25, -0.2) is 0 Å². The molecule has 0 unspecified atom stereocenters. The van der Waals surface area contributed by atoms with Crippen molar-refractivity contribution in [2.24, 2.45) is 0 Å². The third-order valence-electron chi connectivity index (χ3n) is 4.67. The largest absolute Gasteiger partial charge is 0.253 e. The summed E-state index contributed by atoms with van der Waals surface area (Å²) in [4.78, 5) is 4.99. The van der Waals surface area contributed by atoms with Crippen LogP contribution in [-0.2, 0) is 0 Å². The molecule has 0 bridgehead atoms. The fourth-order valence-corrected chi connectivity index (χ4v) is 3.55. The molecule has 0 radical (unpaired) electrons. The molecule has 0 fully saturated rings. The second-order valence-corrected chi connectivity index (χ2v) is 6.97. The monoisotopic (exact) mass is 291 g/mol. The van der Waals surface area contributed by atoms with Crippen LogP contribution in [0, 0.1) is 13.8 Å². The van der Waals surface area contributed by atoms with Crippen LogP contribution in [0.1, 0.15) is 61.9 Å². The van der Waals surface area contributed by atoms with Crippen molar-refractivity contribution in [2.75, 3.05) is 0 Å². The lowest BCUT2D eigenvalue weighted by Gasteiger charge is -2.21. The SMILES string of the molecule is Cc1cc2c(C(C)C)c3ccccc3c(C(C)C)c2nc1C. The molecule has 1 heterocycles. The van der Waals surface area contributed by atoms with Gasteiger partial charge in [-0.1, -0.05) is 52.0 Å². The summed E-state index contributed by atoms with van der Waals surface area (Å²) >= 11 is 0. The molecule has 0 saturated heterocycles. The van der Waals surface area contributed by atoms with Crippen LogP contribution in [0.4, 0.5) is 0 Å². The van der Waals surface area contributed by atoms with Gasteiger partial charge in [-0.05, 0) is 59.2 Å². The molecular weight excluding hydrogens is 266 g/mol. The highest BCUT2D eigenvalue weighted by molar-refractivity contribution is 6.05. The lowest BCUT2D eigenvalue weighted by molar-refractivity contribution is 0.868. The average Bonchev–Trinajstić information content (AvgIpc) is 2.45. The highest BCUT2D eigenvalue weighted by Crippen LogP contribution is 2.39. The number of aromatic nitrogens is 1. The molecule has 0 spiro atoms. The Labute approximate surface area is 133 Å². The van der Waals surface area contributed by atoms with Gasteiger partial charge in [0, 0.05) is 11.1 Å². The number of pyridine rings is 1. The van der Waals surface area contributed by atoms with E-state index in [1.165, 1.54) is 38.4 Å². The van der Waals surface area contributed by atoms with Gasteiger partial charge in [0.2, 0.25) is 0 Å². The lowest BCUT2D eigenvalue weighted by Crippen LogP contribution is -2.02. The van der Waals surface area contributed by atoms with E-state index in [0.29, 0.717) is 11.8 Å². The van der Waals surface area contributed by atoms with Gasteiger partial charge in [-0.2, -0.15) is 0 Å². The molecule has 0 N–H and O–H groups in total. The van der Waals surface area contributed by atoms with E-state index in [1.54, 1.807) is 0 Å². The predicted octanol–water partition coefficient (Wildman–Crippen LogP) is 6.25. The van der Waals surface area contributed by atoms with E-state index >= 15 is 0 Å². The molecular formula is C21H25N. The summed E-state index contributed by atoms with van der Waals surface area (Å²) < 4.78 is 0. The number of hydrogen-bond acceptors (Lipinski definition) is 1. The molecule has 0 aliphatic rings. The highest BCUT2D eigenvalue weighted by atomic mass is 14.7. The van der Waals surface area contributed by atoms with Crippen molar-refractivity contribution in [3.05, 3.63) is 52.7 Å². The van der Waals surface area contributed by atoms with Crippen molar-refractivity contribution < 1.29 is 0 Å². The maximum atomic E-state index is 4.99. The summed E-state index contributed by atoms with van der Waals surface area (Å²) in [6.07, 6.45) is 0. The van der Waals surface area contributed by atoms with Crippen molar-refractivity contribution in [1.29, 1.82) is 0 Å². The Hall–Kier alpha value is -1.89. The third kappa shape index (κ3) is 2.20. The third-order valence-corrected chi connectivity index (χ3v) is 4.67. The number of fused-ring (bicyclic) bond motifs is 2. The van der Waals surface area contributed by atoms with Crippen molar-refractivity contribution in [3.8, 4) is 0 Å². The van der Waals surface area contributed by atoms with Gasteiger partial charge in [0.15, 0.2) is 0 Å². The predicted molar refractivity (Wildman–Crippen MR) is 96.9 cm³/mol. The Morgan fingerprint density at radius 3 is 1.86 bits per heavy atom. The van der Waals surface area contributed by atoms with Gasteiger partial charge >= 0.3 is 0 Å². The van der Waals surface area contributed by atoms with E-state index in [9.17, 15) is 0 Å². The molecule has 3 rings (SSSR count). The normalized spacial score (nSPS) is 12.0. The summed E-state index contributed by atoms with van der Waals surface area (Å²) in [5, 5.41) is 4.09. The minimum absolute atomic E-state index is 0.461. The van der Waals surface area contributed by atoms with Gasteiger partial charge in [0.05, 0.1) is 5.52 Å². The van der Waals surface area contributed by atoms with Crippen LogP contribution >= 0.6 is 0 Å². The van der Waals surface area contributed by atoms with Crippen LogP contribution < -0.4 is 0 Å². The average molecular weight is 291 g/mol. The minimum atomic E-state index is 0.461. The number of benzene rings is 2. The van der Waals surface area contributed by atoms with E-state index in [-0.39, 0.29) is 0 Å². The smallest absolute Gasteiger partial charge is 0.0749 e. The molecule has 1 aromatic heterocycles. The first-order valence-corrected chi connectivity index (χ1v) is 8.24. The Balaban J connectivity index is 2.65. The summed E-state index contributed by atoms with van der Waals surface area (Å²) in [6, 6.07) is 11.2. The van der Waals surface area contributed by atoms with Crippen molar-refractivity contribution in [3.63, 3.8) is 0 Å². The Kier molecular flexibility index (Phi) is 3.68. The standard InChI is InChI=1S/C21H25N/c1-12(2)19-16-9-7-8-10-17(16)20(13(3)4)21-18(19)11-14(5)15(6)22-21/h7-13H,1-6H3. The lowest BCUT2D eigenvalue weighted by atomic mass is 9.85. The molecule has 22 heavy (non-hydrogen) atoms. The number of nitrogens with zero attached hydrogens (tertiary/aromatic N) is 1. The topological polar surface area (TPSA) is 12.9 Å². The Morgan fingerprint density at radius 2 is 1.32 bits per heavy atom. The Morgan fingerprint density at radius 1 is 0.773 bits per heavy atom. The Bertz CT molecular complexity index is 785. The summed E-state index contributed by atoms with van der Waals surface area (Å²) in [5.41, 5.74) is 6.43. The molecule has 1 nitrogen and oxygen atoms in total. The van der Waals surface area contributed by atoms with Crippen LogP contribution in [0.2, 0.25) is 0 Å². The fourth-order valence-electron chi connectivity index (χ4n) is 3.55. The van der Waals surface area contributed by atoms with Crippen molar-refractivity contribution in [2.45, 2.75) is 53.4 Å². The summed E-state index contributed by atoms with van der Waals surface area (Å²) in [6.45, 7) is 13.4. The molecule has 114 valence electrons. The van der Waals surface area contributed by atoms with Gasteiger partial charge in [-0.15, -0.1) is 0 Å². The zero-order valence-electron chi connectivity index (χ0n) is 14.5. The minimum Gasteiger partial charge on any atom is -0.253 e. The second kappa shape index (κ2) is 5.39. The van der Waals surface area contributed by atoms with Gasteiger partial charge in [-0.3, -0.25) is 4.98 Å². The van der Waals surface area contributed by atoms with Crippen LogP contribution in [0.3, 0.4) is 0 Å². The molecule has 0 aliphatic heterocycles. The highest BCUT2D eigenvalue weighted by Gasteiger charge is 2.19. The number of rotatable bonds is 2. The molecule has 0 amide bonds. The van der Waals surface area contributed by atoms with Crippen LogP contribution in [-0.4, -0.2) is 4.98 Å². The zero-order chi connectivity index (χ0) is 16.0. The van der Waals surface area contributed by atoms with Crippen LogP contribution in [0.5, 0.6) is 0 Å². The molecule has 3 aromatic rings. The van der Waals surface area contributed by atoms with Crippen LogP contribution in [0.25, 0.3) is 21.7 Å². The number of hydrogen-bond donors (Lipinski definition) is 0. The summed E-state index contributed by atoms with van der Waals surface area (Å²) in [7, 11) is 0. The molecule has 0 saturated carbocycles. The first-order chi connectivity index (χ1) is 10.4. The quantitative estimate of drug-likeness (QED) is 0.508. The van der Waals surface area contributed by atoms with Crippen molar-refractivity contribution in [1.82, 2.24) is 4.98 Å². The molecule has 0 atom stereocenters. The van der Waals surface area contributed by atoms with Gasteiger partial charge in [0.25, 0.3) is 0 Å². The second-order valence-electron chi connectivity index (χ2n) is 6.97. The first kappa shape index (κ1) is 15.0. The van der Waals surface area contributed by atoms with E-state index in [0.717, 1.165) is 5.69 Å². The van der Waals surface area contributed by atoms with Crippen molar-refractivity contribution >= 4 is 21.7 Å². The molecule has 1 heteroatoms. The van der Waals surface area contributed by atoms with E-state index in [4.69, 9.17) is 4.98 Å². The maximum Gasteiger partial charge on any atom is 0.0749 e. The number of aryl methyl sites for hydroxylation is 2. The summed E-state index contributed by atoms with van der Waals surface area (Å²) in [5.74, 6) is 0.945. The van der Waals surface area contributed by atoms with E-state index in [2.05, 4.69) is 71.9 Å². The van der Waals surface area contributed by atoms with E-state index < -0.39 is 0 Å². The maximum absolute atomic E-state index is 4.99. The van der Waals surface area contributed by atoms with Crippen LogP contribution in [0.15, 0.2) is 30.3 Å².